The summed E-state index contributed by atoms with van der Waals surface area (Å²) < 4.78 is 0. The Morgan fingerprint density at radius 3 is 2.35 bits per heavy atom. The first-order valence-corrected chi connectivity index (χ1v) is 8.29. The maximum atomic E-state index is 12.7. The van der Waals surface area contributed by atoms with Crippen LogP contribution in [0.15, 0.2) is 24.3 Å². The Kier molecular flexibility index (Phi) is 4.24. The number of anilines is 1. The number of hydrogen-bond donors (Lipinski definition) is 0. The van der Waals surface area contributed by atoms with Crippen LogP contribution in [0.2, 0.25) is 0 Å². The average Bonchev–Trinajstić information content (AvgIpc) is 3.02. The predicted molar refractivity (Wildman–Crippen MR) is 88.5 cm³/mol. The highest BCUT2D eigenvalue weighted by atomic mass is 16.6. The highest BCUT2D eigenvalue weighted by Crippen LogP contribution is 2.39. The second-order valence-electron chi connectivity index (χ2n) is 6.79. The van der Waals surface area contributed by atoms with Gasteiger partial charge in [-0.3, -0.25) is 14.9 Å². The Balaban J connectivity index is 1.67. The van der Waals surface area contributed by atoms with Crippen LogP contribution in [-0.2, 0) is 4.79 Å². The van der Waals surface area contributed by atoms with Crippen molar-refractivity contribution in [1.82, 2.24) is 4.90 Å². The van der Waals surface area contributed by atoms with E-state index < -0.39 is 0 Å². The van der Waals surface area contributed by atoms with Crippen LogP contribution < -0.4 is 4.90 Å². The molecule has 0 atom stereocenters. The second-order valence-corrected chi connectivity index (χ2v) is 6.79. The number of rotatable bonds is 3. The Labute approximate surface area is 136 Å². The Morgan fingerprint density at radius 1 is 1.13 bits per heavy atom. The van der Waals surface area contributed by atoms with Crippen molar-refractivity contribution >= 4 is 17.3 Å². The number of nitro groups is 1. The standard InChI is InChI=1S/C17H23N3O3/c1-17(8-4-5-9-17)16(21)19-12-10-18(11-13-19)14-6-2-3-7-15(14)20(22)23/h2-3,6-7H,4-5,8-13H2,1H3. The SMILES string of the molecule is CC1(C(=O)N2CCN(c3ccccc3[N+](=O)[O-])CC2)CCCC1. The second kappa shape index (κ2) is 6.18. The smallest absolute Gasteiger partial charge is 0.292 e. The van der Waals surface area contributed by atoms with Crippen molar-refractivity contribution in [3.8, 4) is 0 Å². The van der Waals surface area contributed by atoms with Gasteiger partial charge in [-0.05, 0) is 18.9 Å². The summed E-state index contributed by atoms with van der Waals surface area (Å²) in [4.78, 5) is 27.5. The van der Waals surface area contributed by atoms with Crippen LogP contribution in [-0.4, -0.2) is 41.9 Å². The third kappa shape index (κ3) is 3.02. The molecule has 6 nitrogen and oxygen atoms in total. The van der Waals surface area contributed by atoms with E-state index in [1.165, 1.54) is 6.07 Å². The molecule has 0 aromatic heterocycles. The molecule has 2 fully saturated rings. The zero-order valence-electron chi connectivity index (χ0n) is 13.5. The van der Waals surface area contributed by atoms with Crippen LogP contribution in [0.25, 0.3) is 0 Å². The van der Waals surface area contributed by atoms with Gasteiger partial charge in [0.2, 0.25) is 5.91 Å². The average molecular weight is 317 g/mol. The zero-order chi connectivity index (χ0) is 16.4. The molecule has 0 unspecified atom stereocenters. The number of piperazine rings is 1. The Hall–Kier alpha value is -2.11. The first-order chi connectivity index (χ1) is 11.0. The number of benzene rings is 1. The molecule has 1 amide bonds. The van der Waals surface area contributed by atoms with Crippen molar-refractivity contribution < 1.29 is 9.72 Å². The van der Waals surface area contributed by atoms with Gasteiger partial charge in [0.05, 0.1) is 4.92 Å². The molecule has 1 heterocycles. The molecule has 0 N–H and O–H groups in total. The number of para-hydroxylation sites is 2. The molecule has 3 rings (SSSR count). The van der Waals surface area contributed by atoms with Gasteiger partial charge < -0.3 is 9.80 Å². The van der Waals surface area contributed by atoms with Gasteiger partial charge >= 0.3 is 0 Å². The van der Waals surface area contributed by atoms with Crippen molar-refractivity contribution in [2.75, 3.05) is 31.1 Å². The minimum Gasteiger partial charge on any atom is -0.362 e. The van der Waals surface area contributed by atoms with E-state index in [0.717, 1.165) is 25.7 Å². The number of nitrogens with zero attached hydrogens (tertiary/aromatic N) is 3. The van der Waals surface area contributed by atoms with Crippen molar-refractivity contribution in [3.63, 3.8) is 0 Å². The third-order valence-electron chi connectivity index (χ3n) is 5.21. The Morgan fingerprint density at radius 2 is 1.74 bits per heavy atom. The molecule has 1 aromatic rings. The van der Waals surface area contributed by atoms with Crippen LogP contribution >= 0.6 is 0 Å². The van der Waals surface area contributed by atoms with Crippen LogP contribution in [0.1, 0.15) is 32.6 Å². The van der Waals surface area contributed by atoms with Crippen molar-refractivity contribution in [3.05, 3.63) is 34.4 Å². The lowest BCUT2D eigenvalue weighted by Crippen LogP contribution is -2.52. The summed E-state index contributed by atoms with van der Waals surface area (Å²) in [6.45, 7) is 4.65. The molecular formula is C17H23N3O3. The molecule has 124 valence electrons. The lowest BCUT2D eigenvalue weighted by molar-refractivity contribution is -0.384. The summed E-state index contributed by atoms with van der Waals surface area (Å²) in [5.74, 6) is 0.261. The van der Waals surface area contributed by atoms with Crippen LogP contribution in [0.4, 0.5) is 11.4 Å². The predicted octanol–water partition coefficient (Wildman–Crippen LogP) is 2.82. The topological polar surface area (TPSA) is 66.7 Å². The minimum atomic E-state index is -0.341. The quantitative estimate of drug-likeness (QED) is 0.635. The molecule has 0 bridgehead atoms. The third-order valence-corrected chi connectivity index (χ3v) is 5.21. The van der Waals surface area contributed by atoms with Gasteiger partial charge in [-0.1, -0.05) is 31.9 Å². The van der Waals surface area contributed by atoms with E-state index in [1.807, 2.05) is 15.9 Å². The molecule has 1 aromatic carbocycles. The minimum absolute atomic E-state index is 0.134. The Bertz CT molecular complexity index is 603. The van der Waals surface area contributed by atoms with E-state index in [0.29, 0.717) is 31.9 Å². The molecule has 23 heavy (non-hydrogen) atoms. The van der Waals surface area contributed by atoms with Crippen LogP contribution in [0.5, 0.6) is 0 Å². The van der Waals surface area contributed by atoms with E-state index >= 15 is 0 Å². The molecule has 1 saturated heterocycles. The van der Waals surface area contributed by atoms with Gasteiger partial charge in [0.1, 0.15) is 5.69 Å². The number of nitro benzene ring substituents is 1. The number of amides is 1. The van der Waals surface area contributed by atoms with E-state index in [2.05, 4.69) is 6.92 Å². The summed E-state index contributed by atoms with van der Waals surface area (Å²) in [7, 11) is 0. The van der Waals surface area contributed by atoms with E-state index in [1.54, 1.807) is 12.1 Å². The fraction of sp³-hybridized carbons (Fsp3) is 0.588. The van der Waals surface area contributed by atoms with Crippen molar-refractivity contribution in [2.24, 2.45) is 5.41 Å². The molecule has 0 spiro atoms. The number of carbonyl (C=O) groups is 1. The maximum Gasteiger partial charge on any atom is 0.292 e. The normalized spacial score (nSPS) is 20.6. The van der Waals surface area contributed by atoms with Gasteiger partial charge in [-0.2, -0.15) is 0 Å². The molecule has 2 aliphatic rings. The zero-order valence-corrected chi connectivity index (χ0v) is 13.5. The maximum absolute atomic E-state index is 12.7. The highest BCUT2D eigenvalue weighted by molar-refractivity contribution is 5.83. The fourth-order valence-electron chi connectivity index (χ4n) is 3.79. The van der Waals surface area contributed by atoms with Crippen molar-refractivity contribution in [1.29, 1.82) is 0 Å². The highest BCUT2D eigenvalue weighted by Gasteiger charge is 2.40. The monoisotopic (exact) mass is 317 g/mol. The van der Waals surface area contributed by atoms with Gasteiger partial charge in [-0.15, -0.1) is 0 Å². The molecule has 1 aliphatic heterocycles. The largest absolute Gasteiger partial charge is 0.362 e. The van der Waals surface area contributed by atoms with Gasteiger partial charge in [0, 0.05) is 37.7 Å². The van der Waals surface area contributed by atoms with Gasteiger partial charge in [0.25, 0.3) is 5.69 Å². The summed E-state index contributed by atoms with van der Waals surface area (Å²) in [5.41, 5.74) is 0.590. The number of hydrogen-bond acceptors (Lipinski definition) is 4. The van der Waals surface area contributed by atoms with Gasteiger partial charge in [-0.25, -0.2) is 0 Å². The fourth-order valence-corrected chi connectivity index (χ4v) is 3.79. The van der Waals surface area contributed by atoms with E-state index in [-0.39, 0.29) is 21.9 Å². The number of carbonyl (C=O) groups excluding carboxylic acids is 1. The molecule has 1 aliphatic carbocycles. The molecule has 0 radical (unpaired) electrons. The summed E-state index contributed by atoms with van der Waals surface area (Å²) in [5, 5.41) is 11.2. The first kappa shape index (κ1) is 15.8. The molecule has 6 heteroatoms. The molecular weight excluding hydrogens is 294 g/mol. The molecule has 1 saturated carbocycles. The summed E-state index contributed by atoms with van der Waals surface area (Å²) in [6.07, 6.45) is 4.24. The van der Waals surface area contributed by atoms with Crippen molar-refractivity contribution in [2.45, 2.75) is 32.6 Å². The van der Waals surface area contributed by atoms with E-state index in [9.17, 15) is 14.9 Å². The first-order valence-electron chi connectivity index (χ1n) is 8.29. The van der Waals surface area contributed by atoms with Crippen LogP contribution in [0, 0.1) is 15.5 Å². The van der Waals surface area contributed by atoms with Gasteiger partial charge in [0.15, 0.2) is 0 Å². The lowest BCUT2D eigenvalue weighted by Gasteiger charge is -2.39. The van der Waals surface area contributed by atoms with E-state index in [4.69, 9.17) is 0 Å². The lowest BCUT2D eigenvalue weighted by atomic mass is 9.87. The van der Waals surface area contributed by atoms with Crippen LogP contribution in [0.3, 0.4) is 0 Å². The summed E-state index contributed by atoms with van der Waals surface area (Å²) in [6, 6.07) is 6.82. The summed E-state index contributed by atoms with van der Waals surface area (Å²) >= 11 is 0.